The molecule has 1 atom stereocenters. The second kappa shape index (κ2) is 10.8. The van der Waals surface area contributed by atoms with Crippen molar-refractivity contribution in [1.82, 2.24) is 10.6 Å². The van der Waals surface area contributed by atoms with Crippen LogP contribution in [0.3, 0.4) is 0 Å². The number of ether oxygens (including phenoxy) is 2. The van der Waals surface area contributed by atoms with Crippen molar-refractivity contribution in [2.24, 2.45) is 0 Å². The molecule has 2 N–H and O–H groups in total. The minimum Gasteiger partial charge on any atom is -0.466 e. The lowest BCUT2D eigenvalue weighted by atomic mass is 10.2. The van der Waals surface area contributed by atoms with E-state index >= 15 is 0 Å². The van der Waals surface area contributed by atoms with Crippen LogP contribution in [0.15, 0.2) is 30.3 Å². The van der Waals surface area contributed by atoms with Crippen LogP contribution in [0.1, 0.15) is 25.8 Å². The monoisotopic (exact) mass is 350 g/mol. The predicted molar refractivity (Wildman–Crippen MR) is 88.5 cm³/mol. The molecular formula is C17H22N2O6. The summed E-state index contributed by atoms with van der Waals surface area (Å²) in [5, 5.41) is 4.70. The van der Waals surface area contributed by atoms with Crippen LogP contribution in [0.25, 0.3) is 0 Å². The van der Waals surface area contributed by atoms with Gasteiger partial charge < -0.3 is 20.1 Å². The Bertz CT molecular complexity index is 602. The third kappa shape index (κ3) is 8.50. The quantitative estimate of drug-likeness (QED) is 0.506. The van der Waals surface area contributed by atoms with E-state index in [4.69, 9.17) is 4.74 Å². The summed E-state index contributed by atoms with van der Waals surface area (Å²) in [6.45, 7) is 3.04. The molecule has 0 spiro atoms. The molecule has 0 saturated heterocycles. The van der Waals surface area contributed by atoms with Gasteiger partial charge in [0.15, 0.2) is 5.78 Å². The molecule has 8 heteroatoms. The maximum absolute atomic E-state index is 11.8. The van der Waals surface area contributed by atoms with Gasteiger partial charge in [-0.15, -0.1) is 0 Å². The summed E-state index contributed by atoms with van der Waals surface area (Å²) in [5.41, 5.74) is 0.819. The van der Waals surface area contributed by atoms with E-state index in [0.29, 0.717) is 0 Å². The van der Waals surface area contributed by atoms with Crippen molar-refractivity contribution < 1.29 is 28.7 Å². The van der Waals surface area contributed by atoms with E-state index in [1.807, 2.05) is 18.2 Å². The molecule has 0 bridgehead atoms. The SMILES string of the molecule is CCOC(=O)CC(=O)CNC(=O)C(C)NC(=O)OCc1ccccc1. The summed E-state index contributed by atoms with van der Waals surface area (Å²) in [5.74, 6) is -1.68. The number of hydrogen-bond acceptors (Lipinski definition) is 6. The third-order valence-electron chi connectivity index (χ3n) is 3.05. The van der Waals surface area contributed by atoms with E-state index < -0.39 is 36.2 Å². The van der Waals surface area contributed by atoms with Crippen LogP contribution in [-0.2, 0) is 30.5 Å². The van der Waals surface area contributed by atoms with Crippen LogP contribution >= 0.6 is 0 Å². The van der Waals surface area contributed by atoms with Gasteiger partial charge in [-0.05, 0) is 19.4 Å². The van der Waals surface area contributed by atoms with E-state index in [1.165, 1.54) is 6.92 Å². The first-order valence-electron chi connectivity index (χ1n) is 7.84. The van der Waals surface area contributed by atoms with Crippen molar-refractivity contribution >= 4 is 23.8 Å². The van der Waals surface area contributed by atoms with Crippen LogP contribution in [0.2, 0.25) is 0 Å². The molecule has 8 nitrogen and oxygen atoms in total. The molecule has 1 aromatic carbocycles. The molecular weight excluding hydrogens is 328 g/mol. The number of nitrogens with one attached hydrogen (secondary N) is 2. The molecule has 0 radical (unpaired) electrons. The van der Waals surface area contributed by atoms with Crippen molar-refractivity contribution in [3.8, 4) is 0 Å². The molecule has 0 fully saturated rings. The lowest BCUT2D eigenvalue weighted by Crippen LogP contribution is -2.46. The van der Waals surface area contributed by atoms with Gasteiger partial charge in [-0.25, -0.2) is 4.79 Å². The first-order valence-corrected chi connectivity index (χ1v) is 7.84. The highest BCUT2D eigenvalue weighted by Gasteiger charge is 2.18. The van der Waals surface area contributed by atoms with Gasteiger partial charge in [-0.2, -0.15) is 0 Å². The van der Waals surface area contributed by atoms with Crippen LogP contribution in [0.4, 0.5) is 4.79 Å². The highest BCUT2D eigenvalue weighted by molar-refractivity contribution is 5.98. The van der Waals surface area contributed by atoms with Gasteiger partial charge in [0, 0.05) is 0 Å². The molecule has 1 aromatic rings. The van der Waals surface area contributed by atoms with Crippen molar-refractivity contribution in [2.45, 2.75) is 32.9 Å². The average molecular weight is 350 g/mol. The average Bonchev–Trinajstić information content (AvgIpc) is 2.58. The van der Waals surface area contributed by atoms with Gasteiger partial charge in [0.1, 0.15) is 19.1 Å². The van der Waals surface area contributed by atoms with E-state index in [-0.39, 0.29) is 19.8 Å². The summed E-state index contributed by atoms with van der Waals surface area (Å²) >= 11 is 0. The Morgan fingerprint density at radius 3 is 2.40 bits per heavy atom. The van der Waals surface area contributed by atoms with E-state index in [1.54, 1.807) is 19.1 Å². The van der Waals surface area contributed by atoms with Crippen molar-refractivity contribution in [1.29, 1.82) is 0 Å². The van der Waals surface area contributed by atoms with Gasteiger partial charge in [0.25, 0.3) is 0 Å². The number of ketones is 1. The zero-order chi connectivity index (χ0) is 18.7. The zero-order valence-corrected chi connectivity index (χ0v) is 14.2. The number of esters is 1. The standard InChI is InChI=1S/C17H22N2O6/c1-3-24-15(21)9-14(20)10-18-16(22)12(2)19-17(23)25-11-13-7-5-4-6-8-13/h4-8,12H,3,9-11H2,1-2H3,(H,18,22)(H,19,23). The normalized spacial score (nSPS) is 11.1. The first-order chi connectivity index (χ1) is 11.9. The Morgan fingerprint density at radius 2 is 1.76 bits per heavy atom. The zero-order valence-electron chi connectivity index (χ0n) is 14.2. The fourth-order valence-corrected chi connectivity index (χ4v) is 1.78. The molecule has 0 aliphatic carbocycles. The third-order valence-corrected chi connectivity index (χ3v) is 3.05. The number of hydrogen-bond donors (Lipinski definition) is 2. The Labute approximate surface area is 145 Å². The Hall–Kier alpha value is -2.90. The van der Waals surface area contributed by atoms with Crippen LogP contribution in [-0.4, -0.2) is 42.9 Å². The molecule has 0 aliphatic rings. The largest absolute Gasteiger partial charge is 0.466 e. The maximum atomic E-state index is 11.8. The smallest absolute Gasteiger partial charge is 0.408 e. The fourth-order valence-electron chi connectivity index (χ4n) is 1.78. The lowest BCUT2D eigenvalue weighted by Gasteiger charge is -2.14. The number of carbonyl (C=O) groups is 4. The second-order valence-electron chi connectivity index (χ2n) is 5.17. The number of amides is 2. The van der Waals surface area contributed by atoms with Gasteiger partial charge in [0.05, 0.1) is 13.2 Å². The number of benzene rings is 1. The van der Waals surface area contributed by atoms with Crippen molar-refractivity contribution in [3.05, 3.63) is 35.9 Å². The number of alkyl carbamates (subject to hydrolysis) is 1. The summed E-state index contributed by atoms with van der Waals surface area (Å²) < 4.78 is 9.63. The number of rotatable bonds is 9. The number of Topliss-reactive ketones (excluding diaryl/α,β-unsaturated/α-hetero) is 1. The fraction of sp³-hybridized carbons (Fsp3) is 0.412. The van der Waals surface area contributed by atoms with E-state index in [9.17, 15) is 19.2 Å². The van der Waals surface area contributed by atoms with Gasteiger partial charge in [-0.3, -0.25) is 14.4 Å². The Morgan fingerprint density at radius 1 is 1.08 bits per heavy atom. The topological polar surface area (TPSA) is 111 Å². The molecule has 2 amide bonds. The van der Waals surface area contributed by atoms with Crippen LogP contribution in [0.5, 0.6) is 0 Å². The second-order valence-corrected chi connectivity index (χ2v) is 5.17. The summed E-state index contributed by atoms with van der Waals surface area (Å²) in [4.78, 5) is 46.1. The molecule has 1 unspecified atom stereocenters. The van der Waals surface area contributed by atoms with E-state index in [2.05, 4.69) is 15.4 Å². The Balaban J connectivity index is 2.27. The highest BCUT2D eigenvalue weighted by Crippen LogP contribution is 2.00. The van der Waals surface area contributed by atoms with Crippen molar-refractivity contribution in [2.75, 3.05) is 13.2 Å². The summed E-state index contributed by atoms with van der Waals surface area (Å²) in [7, 11) is 0. The molecule has 25 heavy (non-hydrogen) atoms. The molecule has 0 saturated carbocycles. The highest BCUT2D eigenvalue weighted by atomic mass is 16.5. The van der Waals surface area contributed by atoms with Gasteiger partial charge >= 0.3 is 12.1 Å². The summed E-state index contributed by atoms with van der Waals surface area (Å²) in [6.07, 6.45) is -1.15. The lowest BCUT2D eigenvalue weighted by molar-refractivity contribution is -0.145. The van der Waals surface area contributed by atoms with Crippen LogP contribution < -0.4 is 10.6 Å². The molecule has 1 rings (SSSR count). The Kier molecular flexibility index (Phi) is 8.70. The van der Waals surface area contributed by atoms with Crippen molar-refractivity contribution in [3.63, 3.8) is 0 Å². The minimum atomic E-state index is -0.890. The summed E-state index contributed by atoms with van der Waals surface area (Å²) in [6, 6.07) is 8.20. The van der Waals surface area contributed by atoms with Crippen LogP contribution in [0, 0.1) is 0 Å². The van der Waals surface area contributed by atoms with Gasteiger partial charge in [-0.1, -0.05) is 30.3 Å². The molecule has 0 aliphatic heterocycles. The molecule has 0 heterocycles. The minimum absolute atomic E-state index is 0.0824. The predicted octanol–water partition coefficient (Wildman–Crippen LogP) is 0.940. The molecule has 136 valence electrons. The van der Waals surface area contributed by atoms with E-state index in [0.717, 1.165) is 5.56 Å². The molecule has 0 aromatic heterocycles. The maximum Gasteiger partial charge on any atom is 0.408 e. The first kappa shape index (κ1) is 20.1. The number of carbonyl (C=O) groups excluding carboxylic acids is 4. The van der Waals surface area contributed by atoms with Gasteiger partial charge in [0.2, 0.25) is 5.91 Å².